The summed E-state index contributed by atoms with van der Waals surface area (Å²) in [7, 11) is 1.55. The maximum atomic E-state index is 12.4. The molecule has 0 spiro atoms. The van der Waals surface area contributed by atoms with Crippen LogP contribution in [0, 0.1) is 0 Å². The highest BCUT2D eigenvalue weighted by Gasteiger charge is 2.32. The molecule has 0 saturated carbocycles. The average molecular weight is 336 g/mol. The van der Waals surface area contributed by atoms with E-state index in [1.165, 1.54) is 4.90 Å². The van der Waals surface area contributed by atoms with Crippen LogP contribution in [0.4, 0.5) is 0 Å². The van der Waals surface area contributed by atoms with Crippen LogP contribution in [0.25, 0.3) is 11.1 Å². The molecular formula is C20H20N2O3. The second kappa shape index (κ2) is 6.81. The van der Waals surface area contributed by atoms with Crippen LogP contribution in [0.5, 0.6) is 0 Å². The highest BCUT2D eigenvalue weighted by Crippen LogP contribution is 2.24. The maximum absolute atomic E-state index is 12.4. The first-order valence-corrected chi connectivity index (χ1v) is 8.11. The fraction of sp³-hybridized carbons (Fsp3) is 0.200. The van der Waals surface area contributed by atoms with Gasteiger partial charge in [0.25, 0.3) is 11.8 Å². The molecule has 0 radical (unpaired) electrons. The number of nitrogens with one attached hydrogen (secondary N) is 1. The zero-order valence-corrected chi connectivity index (χ0v) is 14.2. The molecule has 1 heterocycles. The van der Waals surface area contributed by atoms with Crippen molar-refractivity contribution in [2.24, 2.45) is 0 Å². The molecule has 0 bridgehead atoms. The minimum Gasteiger partial charge on any atom is -0.503 e. The van der Waals surface area contributed by atoms with E-state index in [1.807, 2.05) is 61.5 Å². The van der Waals surface area contributed by atoms with E-state index in [-0.39, 0.29) is 18.2 Å². The lowest BCUT2D eigenvalue weighted by atomic mass is 10.00. The molecule has 128 valence electrons. The molecule has 5 nitrogen and oxygen atoms in total. The summed E-state index contributed by atoms with van der Waals surface area (Å²) < 4.78 is 0. The summed E-state index contributed by atoms with van der Waals surface area (Å²) >= 11 is 0. The Balaban J connectivity index is 1.77. The van der Waals surface area contributed by atoms with Gasteiger partial charge < -0.3 is 15.3 Å². The van der Waals surface area contributed by atoms with Crippen LogP contribution in [0.15, 0.2) is 65.9 Å². The van der Waals surface area contributed by atoms with Crippen molar-refractivity contribution < 1.29 is 14.7 Å². The van der Waals surface area contributed by atoms with Crippen LogP contribution in [-0.4, -0.2) is 35.4 Å². The number of carbonyl (C=O) groups is 2. The first kappa shape index (κ1) is 16.8. The summed E-state index contributed by atoms with van der Waals surface area (Å²) in [6, 6.07) is 17.7. The molecule has 25 heavy (non-hydrogen) atoms. The lowest BCUT2D eigenvalue weighted by Gasteiger charge is -2.16. The number of rotatable bonds is 4. The topological polar surface area (TPSA) is 69.6 Å². The van der Waals surface area contributed by atoms with Gasteiger partial charge in [0.2, 0.25) is 0 Å². The lowest BCUT2D eigenvalue weighted by Crippen LogP contribution is -2.30. The fourth-order valence-electron chi connectivity index (χ4n) is 2.86. The van der Waals surface area contributed by atoms with Gasteiger partial charge in [-0.1, -0.05) is 48.5 Å². The average Bonchev–Trinajstić information content (AvgIpc) is 2.90. The number of carbonyl (C=O) groups excluding carboxylic acids is 2. The lowest BCUT2D eigenvalue weighted by molar-refractivity contribution is -0.126. The van der Waals surface area contributed by atoms with Crippen molar-refractivity contribution in [1.29, 1.82) is 0 Å². The van der Waals surface area contributed by atoms with Gasteiger partial charge in [-0.05, 0) is 29.7 Å². The third-order valence-corrected chi connectivity index (χ3v) is 4.35. The van der Waals surface area contributed by atoms with Gasteiger partial charge in [-0.15, -0.1) is 0 Å². The van der Waals surface area contributed by atoms with Crippen molar-refractivity contribution in [2.75, 3.05) is 13.6 Å². The van der Waals surface area contributed by atoms with Gasteiger partial charge in [0.15, 0.2) is 5.76 Å². The summed E-state index contributed by atoms with van der Waals surface area (Å²) in [5.74, 6) is -1.41. The molecule has 2 N–H and O–H groups in total. The molecule has 1 aliphatic heterocycles. The Bertz CT molecular complexity index is 843. The molecule has 0 saturated heterocycles. The van der Waals surface area contributed by atoms with Crippen LogP contribution in [-0.2, 0) is 9.59 Å². The molecule has 0 aromatic heterocycles. The van der Waals surface area contributed by atoms with Gasteiger partial charge in [0.1, 0.15) is 0 Å². The molecule has 2 amide bonds. The van der Waals surface area contributed by atoms with E-state index in [4.69, 9.17) is 0 Å². The Labute approximate surface area is 146 Å². The zero-order valence-electron chi connectivity index (χ0n) is 14.2. The van der Waals surface area contributed by atoms with Crippen molar-refractivity contribution >= 4 is 11.8 Å². The first-order valence-electron chi connectivity index (χ1n) is 8.11. The molecule has 1 aliphatic rings. The Morgan fingerprint density at radius 2 is 1.80 bits per heavy atom. The smallest absolute Gasteiger partial charge is 0.289 e. The number of benzene rings is 2. The molecule has 0 unspecified atom stereocenters. The molecule has 5 heteroatoms. The molecule has 3 rings (SSSR count). The van der Waals surface area contributed by atoms with Crippen LogP contribution in [0.3, 0.4) is 0 Å². The second-order valence-corrected chi connectivity index (χ2v) is 6.18. The highest BCUT2D eigenvalue weighted by atomic mass is 16.3. The summed E-state index contributed by atoms with van der Waals surface area (Å²) in [5.41, 5.74) is 3.23. The minimum absolute atomic E-state index is 0.110. The summed E-state index contributed by atoms with van der Waals surface area (Å²) in [4.78, 5) is 25.3. The highest BCUT2D eigenvalue weighted by molar-refractivity contribution is 6.06. The van der Waals surface area contributed by atoms with Crippen molar-refractivity contribution in [1.82, 2.24) is 10.2 Å². The van der Waals surface area contributed by atoms with Crippen molar-refractivity contribution in [3.05, 3.63) is 71.5 Å². The molecule has 2 aromatic carbocycles. The SMILES string of the molecule is C[C@H](NC(=O)C1=C(O)C(=O)N(C)C1)c1cccc(-c2ccccc2)c1. The van der Waals surface area contributed by atoms with Crippen LogP contribution in [0.1, 0.15) is 18.5 Å². The number of hydrogen-bond acceptors (Lipinski definition) is 3. The number of hydrogen-bond donors (Lipinski definition) is 2. The second-order valence-electron chi connectivity index (χ2n) is 6.18. The fourth-order valence-corrected chi connectivity index (χ4v) is 2.86. The Kier molecular flexibility index (Phi) is 4.57. The third kappa shape index (κ3) is 3.40. The predicted octanol–water partition coefficient (Wildman–Crippen LogP) is 2.81. The van der Waals surface area contributed by atoms with Gasteiger partial charge in [-0.2, -0.15) is 0 Å². The van der Waals surface area contributed by atoms with Gasteiger partial charge in [-0.3, -0.25) is 9.59 Å². The molecule has 0 fully saturated rings. The van der Waals surface area contributed by atoms with E-state index in [0.29, 0.717) is 0 Å². The molecule has 0 aliphatic carbocycles. The van der Waals surface area contributed by atoms with Crippen LogP contribution in [0.2, 0.25) is 0 Å². The molecule has 1 atom stereocenters. The van der Waals surface area contributed by atoms with Crippen molar-refractivity contribution in [3.8, 4) is 11.1 Å². The van der Waals surface area contributed by atoms with Crippen LogP contribution >= 0.6 is 0 Å². The van der Waals surface area contributed by atoms with E-state index in [0.717, 1.165) is 16.7 Å². The number of aliphatic hydroxyl groups excluding tert-OH is 1. The first-order chi connectivity index (χ1) is 12.0. The van der Waals surface area contributed by atoms with E-state index >= 15 is 0 Å². The van der Waals surface area contributed by atoms with E-state index in [1.54, 1.807) is 7.05 Å². The van der Waals surface area contributed by atoms with E-state index in [9.17, 15) is 14.7 Å². The number of likely N-dealkylation sites (N-methyl/N-ethyl adjacent to an activating group) is 1. The Morgan fingerprint density at radius 1 is 1.12 bits per heavy atom. The minimum atomic E-state index is -0.524. The zero-order chi connectivity index (χ0) is 18.0. The maximum Gasteiger partial charge on any atom is 0.289 e. The van der Waals surface area contributed by atoms with Gasteiger partial charge in [0, 0.05) is 7.05 Å². The van der Waals surface area contributed by atoms with Gasteiger partial charge in [-0.25, -0.2) is 0 Å². The monoisotopic (exact) mass is 336 g/mol. The van der Waals surface area contributed by atoms with E-state index < -0.39 is 17.6 Å². The molecule has 2 aromatic rings. The van der Waals surface area contributed by atoms with Crippen LogP contribution < -0.4 is 5.32 Å². The molecular weight excluding hydrogens is 316 g/mol. The van der Waals surface area contributed by atoms with Gasteiger partial charge in [0.05, 0.1) is 18.2 Å². The van der Waals surface area contributed by atoms with E-state index in [2.05, 4.69) is 5.32 Å². The quantitative estimate of drug-likeness (QED) is 0.902. The predicted molar refractivity (Wildman–Crippen MR) is 95.7 cm³/mol. The normalized spacial score (nSPS) is 15.4. The standard InChI is InChI=1S/C20H20N2O3/c1-13(21-19(24)17-12-22(2)20(25)18(17)23)15-9-6-10-16(11-15)14-7-4-3-5-8-14/h3-11,13,23H,12H2,1-2H3,(H,21,24)/t13-/m0/s1. The van der Waals surface area contributed by atoms with Crippen molar-refractivity contribution in [2.45, 2.75) is 13.0 Å². The summed E-state index contributed by atoms with van der Waals surface area (Å²) in [5, 5.41) is 12.7. The number of amides is 2. The third-order valence-electron chi connectivity index (χ3n) is 4.35. The number of aliphatic hydroxyl groups is 1. The summed E-state index contributed by atoms with van der Waals surface area (Å²) in [6.45, 7) is 1.99. The number of nitrogens with zero attached hydrogens (tertiary/aromatic N) is 1. The van der Waals surface area contributed by atoms with Gasteiger partial charge >= 0.3 is 0 Å². The summed E-state index contributed by atoms with van der Waals surface area (Å²) in [6.07, 6.45) is 0. The largest absolute Gasteiger partial charge is 0.503 e. The Hall–Kier alpha value is -3.08. The Morgan fingerprint density at radius 3 is 2.44 bits per heavy atom. The van der Waals surface area contributed by atoms with Crippen molar-refractivity contribution in [3.63, 3.8) is 0 Å².